The third-order valence-corrected chi connectivity index (χ3v) is 3.31. The maximum absolute atomic E-state index is 8.62. The SMILES string of the molecule is Cc1cc(CN2CCN(CCOCCO)CC2)no1. The minimum absolute atomic E-state index is 0.102. The van der Waals surface area contributed by atoms with Crippen LogP contribution < -0.4 is 0 Å². The molecule has 0 radical (unpaired) electrons. The number of piperazine rings is 1. The molecule has 1 fully saturated rings. The average molecular weight is 269 g/mol. The zero-order chi connectivity index (χ0) is 13.5. The lowest BCUT2D eigenvalue weighted by atomic mass is 10.3. The second-order valence-electron chi connectivity index (χ2n) is 4.88. The van der Waals surface area contributed by atoms with Gasteiger partial charge in [-0.1, -0.05) is 5.16 Å². The third-order valence-electron chi connectivity index (χ3n) is 3.31. The van der Waals surface area contributed by atoms with E-state index >= 15 is 0 Å². The second kappa shape index (κ2) is 7.59. The normalized spacial score (nSPS) is 18.0. The summed E-state index contributed by atoms with van der Waals surface area (Å²) in [5.74, 6) is 0.870. The molecule has 0 spiro atoms. The molecule has 0 aromatic carbocycles. The summed E-state index contributed by atoms with van der Waals surface area (Å²) in [7, 11) is 0. The van der Waals surface area contributed by atoms with Gasteiger partial charge in [0.25, 0.3) is 0 Å². The van der Waals surface area contributed by atoms with Gasteiger partial charge in [0.15, 0.2) is 0 Å². The lowest BCUT2D eigenvalue weighted by Crippen LogP contribution is -2.46. The molecular formula is C13H23N3O3. The quantitative estimate of drug-likeness (QED) is 0.709. The maximum Gasteiger partial charge on any atom is 0.133 e. The molecule has 0 bridgehead atoms. The summed E-state index contributed by atoms with van der Waals surface area (Å²) in [5, 5.41) is 12.6. The van der Waals surface area contributed by atoms with E-state index in [-0.39, 0.29) is 6.61 Å². The number of aryl methyl sites for hydroxylation is 1. The molecule has 1 aliphatic heterocycles. The number of aliphatic hydroxyl groups is 1. The molecule has 0 aliphatic carbocycles. The Hall–Kier alpha value is -0.950. The number of hydrogen-bond donors (Lipinski definition) is 1. The van der Waals surface area contributed by atoms with E-state index < -0.39 is 0 Å². The van der Waals surface area contributed by atoms with E-state index in [1.807, 2.05) is 13.0 Å². The van der Waals surface area contributed by atoms with Crippen LogP contribution in [0, 0.1) is 6.92 Å². The van der Waals surface area contributed by atoms with E-state index in [0.717, 1.165) is 50.7 Å². The van der Waals surface area contributed by atoms with Gasteiger partial charge in [0.05, 0.1) is 25.5 Å². The molecule has 0 saturated carbocycles. The van der Waals surface area contributed by atoms with E-state index in [1.165, 1.54) is 0 Å². The molecule has 19 heavy (non-hydrogen) atoms. The predicted molar refractivity (Wildman–Crippen MR) is 70.9 cm³/mol. The summed E-state index contributed by atoms with van der Waals surface area (Å²) < 4.78 is 10.4. The fourth-order valence-electron chi connectivity index (χ4n) is 2.25. The molecule has 2 heterocycles. The predicted octanol–water partition coefficient (Wildman–Crippen LogP) is 0.110. The van der Waals surface area contributed by atoms with Gasteiger partial charge in [-0.3, -0.25) is 9.80 Å². The van der Waals surface area contributed by atoms with Crippen molar-refractivity contribution in [1.82, 2.24) is 15.0 Å². The van der Waals surface area contributed by atoms with Crippen molar-refractivity contribution < 1.29 is 14.4 Å². The van der Waals surface area contributed by atoms with Gasteiger partial charge in [-0.15, -0.1) is 0 Å². The van der Waals surface area contributed by atoms with Crippen molar-refractivity contribution >= 4 is 0 Å². The number of nitrogens with zero attached hydrogens (tertiary/aromatic N) is 3. The molecule has 0 atom stereocenters. The number of aromatic nitrogens is 1. The Kier molecular flexibility index (Phi) is 5.78. The van der Waals surface area contributed by atoms with E-state index in [0.29, 0.717) is 13.2 Å². The molecule has 1 aromatic heterocycles. The molecule has 0 unspecified atom stereocenters. The molecule has 0 amide bonds. The Morgan fingerprint density at radius 2 is 2.00 bits per heavy atom. The minimum atomic E-state index is 0.102. The van der Waals surface area contributed by atoms with Gasteiger partial charge in [-0.2, -0.15) is 0 Å². The molecule has 1 aromatic rings. The van der Waals surface area contributed by atoms with Crippen LogP contribution in [-0.2, 0) is 11.3 Å². The summed E-state index contributed by atoms with van der Waals surface area (Å²) in [6.45, 7) is 9.17. The Labute approximate surface area is 113 Å². The van der Waals surface area contributed by atoms with Gasteiger partial charge >= 0.3 is 0 Å². The van der Waals surface area contributed by atoms with Gasteiger partial charge in [0.2, 0.25) is 0 Å². The van der Waals surface area contributed by atoms with Gasteiger partial charge in [-0.25, -0.2) is 0 Å². The largest absolute Gasteiger partial charge is 0.394 e. The highest BCUT2D eigenvalue weighted by Crippen LogP contribution is 2.08. The van der Waals surface area contributed by atoms with Gasteiger partial charge in [0.1, 0.15) is 5.76 Å². The Balaban J connectivity index is 1.62. The number of aliphatic hydroxyl groups excluding tert-OH is 1. The van der Waals surface area contributed by atoms with E-state index in [9.17, 15) is 0 Å². The summed E-state index contributed by atoms with van der Waals surface area (Å²) in [4.78, 5) is 4.78. The molecule has 1 aliphatic rings. The van der Waals surface area contributed by atoms with Crippen molar-refractivity contribution in [2.45, 2.75) is 13.5 Å². The van der Waals surface area contributed by atoms with E-state index in [1.54, 1.807) is 0 Å². The summed E-state index contributed by atoms with van der Waals surface area (Å²) in [5.41, 5.74) is 1.01. The van der Waals surface area contributed by atoms with Crippen molar-refractivity contribution in [2.24, 2.45) is 0 Å². The van der Waals surface area contributed by atoms with Crippen LogP contribution >= 0.6 is 0 Å². The average Bonchev–Trinajstić information content (AvgIpc) is 2.82. The standard InChI is InChI=1S/C13H23N3O3/c1-12-10-13(14-19-12)11-16-4-2-15(3-5-16)6-8-18-9-7-17/h10,17H,2-9,11H2,1H3. The fourth-order valence-corrected chi connectivity index (χ4v) is 2.25. The van der Waals surface area contributed by atoms with Crippen molar-refractivity contribution in [2.75, 3.05) is 52.5 Å². The van der Waals surface area contributed by atoms with Crippen LogP contribution in [-0.4, -0.2) is 72.6 Å². The Bertz CT molecular complexity index is 362. The zero-order valence-electron chi connectivity index (χ0n) is 11.5. The summed E-state index contributed by atoms with van der Waals surface area (Å²) in [6, 6.07) is 2.00. The van der Waals surface area contributed by atoms with Crippen LogP contribution in [0.4, 0.5) is 0 Å². The van der Waals surface area contributed by atoms with Crippen molar-refractivity contribution in [3.8, 4) is 0 Å². The first kappa shape index (κ1) is 14.5. The van der Waals surface area contributed by atoms with Gasteiger partial charge < -0.3 is 14.4 Å². The van der Waals surface area contributed by atoms with Crippen LogP contribution in [0.2, 0.25) is 0 Å². The van der Waals surface area contributed by atoms with Crippen molar-refractivity contribution in [3.63, 3.8) is 0 Å². The highest BCUT2D eigenvalue weighted by atomic mass is 16.5. The van der Waals surface area contributed by atoms with Gasteiger partial charge in [0, 0.05) is 45.3 Å². The van der Waals surface area contributed by atoms with Crippen LogP contribution in [0.5, 0.6) is 0 Å². The van der Waals surface area contributed by atoms with Crippen LogP contribution in [0.3, 0.4) is 0 Å². The number of hydrogen-bond acceptors (Lipinski definition) is 6. The molecular weight excluding hydrogens is 246 g/mol. The third kappa shape index (κ3) is 4.91. The topological polar surface area (TPSA) is 62.0 Å². The fraction of sp³-hybridized carbons (Fsp3) is 0.769. The molecule has 1 N–H and O–H groups in total. The van der Waals surface area contributed by atoms with E-state index in [4.69, 9.17) is 14.4 Å². The first-order chi connectivity index (χ1) is 9.28. The first-order valence-corrected chi connectivity index (χ1v) is 6.83. The number of rotatable bonds is 7. The zero-order valence-corrected chi connectivity index (χ0v) is 11.5. The Morgan fingerprint density at radius 3 is 2.63 bits per heavy atom. The lowest BCUT2D eigenvalue weighted by molar-refractivity contribution is 0.0560. The smallest absolute Gasteiger partial charge is 0.133 e. The monoisotopic (exact) mass is 269 g/mol. The molecule has 6 heteroatoms. The molecule has 1 saturated heterocycles. The summed E-state index contributed by atoms with van der Waals surface area (Å²) in [6.07, 6.45) is 0. The lowest BCUT2D eigenvalue weighted by Gasteiger charge is -2.34. The molecule has 108 valence electrons. The second-order valence-corrected chi connectivity index (χ2v) is 4.88. The van der Waals surface area contributed by atoms with Crippen LogP contribution in [0.15, 0.2) is 10.6 Å². The maximum atomic E-state index is 8.62. The Morgan fingerprint density at radius 1 is 1.26 bits per heavy atom. The molecule has 2 rings (SSSR count). The van der Waals surface area contributed by atoms with E-state index in [2.05, 4.69) is 15.0 Å². The van der Waals surface area contributed by atoms with Crippen molar-refractivity contribution in [3.05, 3.63) is 17.5 Å². The summed E-state index contributed by atoms with van der Waals surface area (Å²) >= 11 is 0. The first-order valence-electron chi connectivity index (χ1n) is 6.83. The molecule has 6 nitrogen and oxygen atoms in total. The highest BCUT2D eigenvalue weighted by Gasteiger charge is 2.17. The minimum Gasteiger partial charge on any atom is -0.394 e. The van der Waals surface area contributed by atoms with Gasteiger partial charge in [-0.05, 0) is 6.92 Å². The highest BCUT2D eigenvalue weighted by molar-refractivity contribution is 5.03. The van der Waals surface area contributed by atoms with Crippen LogP contribution in [0.25, 0.3) is 0 Å². The van der Waals surface area contributed by atoms with Crippen LogP contribution in [0.1, 0.15) is 11.5 Å². The van der Waals surface area contributed by atoms with Crippen molar-refractivity contribution in [1.29, 1.82) is 0 Å². The number of ether oxygens (including phenoxy) is 1.